The Balaban J connectivity index is 2.34. The van der Waals surface area contributed by atoms with Gasteiger partial charge in [-0.05, 0) is 43.0 Å². The predicted molar refractivity (Wildman–Crippen MR) is 79.2 cm³/mol. The van der Waals surface area contributed by atoms with Crippen LogP contribution in [0.2, 0.25) is 5.02 Å². The first kappa shape index (κ1) is 16.6. The highest BCUT2D eigenvalue weighted by atomic mass is 35.5. The zero-order chi connectivity index (χ0) is 15.6. The van der Waals surface area contributed by atoms with Crippen molar-refractivity contribution in [3.63, 3.8) is 0 Å². The molecule has 0 radical (unpaired) electrons. The Morgan fingerprint density at radius 3 is 2.62 bits per heavy atom. The molecule has 1 aromatic carbocycles. The zero-order valence-electron chi connectivity index (χ0n) is 11.7. The Bertz CT molecular complexity index is 622. The Morgan fingerprint density at radius 2 is 2.05 bits per heavy atom. The molecule has 0 aromatic heterocycles. The van der Waals surface area contributed by atoms with Crippen LogP contribution in [0.5, 0.6) is 0 Å². The fourth-order valence-corrected chi connectivity index (χ4v) is 4.80. The van der Waals surface area contributed by atoms with Crippen molar-refractivity contribution in [3.05, 3.63) is 34.4 Å². The molecule has 2 atom stereocenters. The van der Waals surface area contributed by atoms with E-state index in [9.17, 15) is 17.2 Å². The van der Waals surface area contributed by atoms with Gasteiger partial charge >= 0.3 is 0 Å². The normalized spacial score (nSPS) is 22.4. The first-order chi connectivity index (χ1) is 9.84. The molecule has 3 nitrogen and oxygen atoms in total. The molecule has 1 aromatic rings. The van der Waals surface area contributed by atoms with Gasteiger partial charge in [0, 0.05) is 11.1 Å². The van der Waals surface area contributed by atoms with Crippen LogP contribution in [-0.4, -0.2) is 26.5 Å². The highest BCUT2D eigenvalue weighted by Crippen LogP contribution is 2.35. The number of nitrogens with one attached hydrogen (secondary N) is 1. The lowest BCUT2D eigenvalue weighted by Crippen LogP contribution is -2.30. The third-order valence-corrected chi connectivity index (χ3v) is 5.85. The van der Waals surface area contributed by atoms with E-state index in [2.05, 4.69) is 5.32 Å². The minimum atomic E-state index is -3.06. The average Bonchev–Trinajstić information content (AvgIpc) is 2.76. The molecule has 21 heavy (non-hydrogen) atoms. The predicted octanol–water partition coefficient (Wildman–Crippen LogP) is 3.09. The van der Waals surface area contributed by atoms with Crippen LogP contribution < -0.4 is 5.32 Å². The molecule has 1 fully saturated rings. The molecule has 1 aliphatic rings. The number of benzene rings is 1. The van der Waals surface area contributed by atoms with Gasteiger partial charge in [-0.3, -0.25) is 0 Å². The van der Waals surface area contributed by atoms with Gasteiger partial charge in [-0.1, -0.05) is 18.5 Å². The third kappa shape index (κ3) is 3.93. The van der Waals surface area contributed by atoms with E-state index in [1.165, 1.54) is 0 Å². The van der Waals surface area contributed by atoms with Gasteiger partial charge in [-0.2, -0.15) is 0 Å². The van der Waals surface area contributed by atoms with Gasteiger partial charge in [0.15, 0.2) is 21.5 Å². The van der Waals surface area contributed by atoms with Crippen molar-refractivity contribution in [2.45, 2.75) is 25.8 Å². The molecule has 1 aliphatic heterocycles. The van der Waals surface area contributed by atoms with E-state index in [1.807, 2.05) is 6.92 Å². The van der Waals surface area contributed by atoms with Crippen molar-refractivity contribution in [3.8, 4) is 0 Å². The first-order valence-electron chi connectivity index (χ1n) is 6.92. The molecule has 0 amide bonds. The summed E-state index contributed by atoms with van der Waals surface area (Å²) in [5.41, 5.74) is 0.422. The zero-order valence-corrected chi connectivity index (χ0v) is 13.3. The lowest BCUT2D eigenvalue weighted by atomic mass is 9.92. The third-order valence-electron chi connectivity index (χ3n) is 3.73. The maximum Gasteiger partial charge on any atom is 0.160 e. The van der Waals surface area contributed by atoms with Gasteiger partial charge in [-0.15, -0.1) is 0 Å². The van der Waals surface area contributed by atoms with Crippen LogP contribution in [0.1, 0.15) is 31.4 Å². The summed E-state index contributed by atoms with van der Waals surface area (Å²) < 4.78 is 50.0. The van der Waals surface area contributed by atoms with E-state index in [-0.39, 0.29) is 28.5 Å². The molecular formula is C14H18ClF2NO2S. The number of sulfone groups is 1. The lowest BCUT2D eigenvalue weighted by Gasteiger charge is -2.25. The molecule has 0 aliphatic carbocycles. The average molecular weight is 338 g/mol. The van der Waals surface area contributed by atoms with Crippen molar-refractivity contribution in [1.29, 1.82) is 0 Å². The molecule has 1 saturated heterocycles. The van der Waals surface area contributed by atoms with Crippen LogP contribution in [0.15, 0.2) is 12.1 Å². The largest absolute Gasteiger partial charge is 0.310 e. The van der Waals surface area contributed by atoms with Crippen molar-refractivity contribution in [2.75, 3.05) is 18.1 Å². The molecule has 2 unspecified atom stereocenters. The minimum absolute atomic E-state index is 0.0453. The van der Waals surface area contributed by atoms with Gasteiger partial charge in [0.05, 0.1) is 11.5 Å². The Morgan fingerprint density at radius 1 is 1.38 bits per heavy atom. The van der Waals surface area contributed by atoms with E-state index in [0.29, 0.717) is 18.5 Å². The van der Waals surface area contributed by atoms with Crippen molar-refractivity contribution in [2.24, 2.45) is 5.92 Å². The van der Waals surface area contributed by atoms with Crippen molar-refractivity contribution < 1.29 is 17.2 Å². The van der Waals surface area contributed by atoms with Gasteiger partial charge in [0.25, 0.3) is 0 Å². The summed E-state index contributed by atoms with van der Waals surface area (Å²) in [5.74, 6) is -1.98. The van der Waals surface area contributed by atoms with E-state index in [0.717, 1.165) is 18.6 Å². The summed E-state index contributed by atoms with van der Waals surface area (Å²) >= 11 is 6.03. The summed E-state index contributed by atoms with van der Waals surface area (Å²) in [7, 11) is -3.06. The Hall–Kier alpha value is -0.720. The molecule has 0 bridgehead atoms. The summed E-state index contributed by atoms with van der Waals surface area (Å²) in [6.45, 7) is 2.62. The summed E-state index contributed by atoms with van der Waals surface area (Å²) in [6, 6.07) is 1.62. The maximum atomic E-state index is 13.5. The van der Waals surface area contributed by atoms with E-state index < -0.39 is 21.5 Å². The molecule has 1 heterocycles. The van der Waals surface area contributed by atoms with Crippen LogP contribution in [0.4, 0.5) is 8.78 Å². The Labute approximate surface area is 128 Å². The van der Waals surface area contributed by atoms with Crippen molar-refractivity contribution >= 4 is 21.4 Å². The molecule has 118 valence electrons. The standard InChI is InChI=1S/C14H18ClF2NO2S/c1-2-4-18-14(9-3-5-21(19,20)8-9)10-6-12(16)13(17)7-11(10)15/h6-7,9,14,18H,2-5,8H2,1H3. The van der Waals surface area contributed by atoms with Crippen LogP contribution in [0.25, 0.3) is 0 Å². The molecule has 1 N–H and O–H groups in total. The van der Waals surface area contributed by atoms with Gasteiger partial charge in [0.2, 0.25) is 0 Å². The quantitative estimate of drug-likeness (QED) is 0.840. The summed E-state index contributed by atoms with van der Waals surface area (Å²) in [6.07, 6.45) is 1.34. The highest BCUT2D eigenvalue weighted by molar-refractivity contribution is 7.91. The monoisotopic (exact) mass is 337 g/mol. The fourth-order valence-electron chi connectivity index (χ4n) is 2.69. The van der Waals surface area contributed by atoms with Crippen LogP contribution in [-0.2, 0) is 9.84 Å². The van der Waals surface area contributed by atoms with Gasteiger partial charge in [0.1, 0.15) is 0 Å². The van der Waals surface area contributed by atoms with Crippen molar-refractivity contribution in [1.82, 2.24) is 5.32 Å². The lowest BCUT2D eigenvalue weighted by molar-refractivity contribution is 0.389. The van der Waals surface area contributed by atoms with E-state index in [1.54, 1.807) is 0 Å². The topological polar surface area (TPSA) is 46.2 Å². The second-order valence-corrected chi connectivity index (χ2v) is 8.02. The van der Waals surface area contributed by atoms with Gasteiger partial charge < -0.3 is 5.32 Å². The molecule has 2 rings (SSSR count). The van der Waals surface area contributed by atoms with E-state index in [4.69, 9.17) is 11.6 Å². The number of rotatable bonds is 5. The molecule has 7 heteroatoms. The summed E-state index contributed by atoms with van der Waals surface area (Å²) in [4.78, 5) is 0. The van der Waals surface area contributed by atoms with E-state index >= 15 is 0 Å². The molecular weight excluding hydrogens is 320 g/mol. The van der Waals surface area contributed by atoms with Crippen LogP contribution in [0, 0.1) is 17.6 Å². The molecule has 0 spiro atoms. The number of hydrogen-bond acceptors (Lipinski definition) is 3. The first-order valence-corrected chi connectivity index (χ1v) is 9.12. The number of hydrogen-bond donors (Lipinski definition) is 1. The smallest absolute Gasteiger partial charge is 0.160 e. The van der Waals surface area contributed by atoms with Crippen LogP contribution >= 0.6 is 11.6 Å². The fraction of sp³-hybridized carbons (Fsp3) is 0.571. The highest BCUT2D eigenvalue weighted by Gasteiger charge is 2.35. The summed E-state index contributed by atoms with van der Waals surface area (Å²) in [5, 5.41) is 3.33. The maximum absolute atomic E-state index is 13.5. The second-order valence-electron chi connectivity index (χ2n) is 5.38. The second kappa shape index (κ2) is 6.58. The van der Waals surface area contributed by atoms with Gasteiger partial charge in [-0.25, -0.2) is 17.2 Å². The SMILES string of the molecule is CCCNC(c1cc(F)c(F)cc1Cl)C1CCS(=O)(=O)C1. The van der Waals surface area contributed by atoms with Crippen LogP contribution in [0.3, 0.4) is 0 Å². The molecule has 0 saturated carbocycles. The minimum Gasteiger partial charge on any atom is -0.310 e. The number of halogens is 3. The Kier molecular flexibility index (Phi) is 5.22.